The van der Waals surface area contributed by atoms with Crippen LogP contribution in [0.15, 0.2) is 47.4 Å². The molecule has 1 saturated heterocycles. The van der Waals surface area contributed by atoms with Gasteiger partial charge in [-0.25, -0.2) is 8.42 Å². The van der Waals surface area contributed by atoms with E-state index in [0.717, 1.165) is 5.56 Å². The highest BCUT2D eigenvalue weighted by Crippen LogP contribution is 2.28. The molecule has 2 aromatic carbocycles. The average molecular weight is 413 g/mol. The second kappa shape index (κ2) is 7.56. The highest BCUT2D eigenvalue weighted by molar-refractivity contribution is 7.89. The van der Waals surface area contributed by atoms with Gasteiger partial charge in [0.05, 0.1) is 4.90 Å². The van der Waals surface area contributed by atoms with Crippen LogP contribution in [-0.2, 0) is 14.8 Å². The number of carbonyl (C=O) groups is 1. The van der Waals surface area contributed by atoms with Gasteiger partial charge in [-0.2, -0.15) is 4.31 Å². The number of hydrogen-bond acceptors (Lipinski definition) is 3. The predicted molar refractivity (Wildman–Crippen MR) is 103 cm³/mol. The first-order chi connectivity index (χ1) is 12.3. The number of nitrogens with one attached hydrogen (secondary N) is 1. The summed E-state index contributed by atoms with van der Waals surface area (Å²) in [4.78, 5) is 12.9. The van der Waals surface area contributed by atoms with Gasteiger partial charge in [0.25, 0.3) is 0 Å². The lowest BCUT2D eigenvalue weighted by Crippen LogP contribution is -2.43. The Bertz CT molecular complexity index is 930. The number of amides is 1. The highest BCUT2D eigenvalue weighted by atomic mass is 35.5. The molecule has 1 N–H and O–H groups in total. The molecule has 0 aliphatic carbocycles. The molecule has 1 aliphatic rings. The molecule has 8 heteroatoms. The Labute approximate surface area is 163 Å². The number of benzene rings is 2. The maximum Gasteiger partial charge on any atom is 0.243 e. The zero-order valence-corrected chi connectivity index (χ0v) is 16.4. The smallest absolute Gasteiger partial charge is 0.243 e. The minimum Gasteiger partial charge on any atom is -0.324 e. The zero-order valence-electron chi connectivity index (χ0n) is 14.1. The van der Waals surface area contributed by atoms with E-state index in [4.69, 9.17) is 23.2 Å². The molecule has 0 unspecified atom stereocenters. The van der Waals surface area contributed by atoms with Gasteiger partial charge in [-0.05, 0) is 67.8 Å². The Morgan fingerprint density at radius 1 is 1.12 bits per heavy atom. The SMILES string of the molecule is Cc1cc(Cl)ccc1NC(=O)[C@H]1CCCN1S(=O)(=O)c1ccc(Cl)cc1. The Hall–Kier alpha value is -1.60. The molecule has 0 aromatic heterocycles. The normalized spacial score (nSPS) is 18.0. The Morgan fingerprint density at radius 3 is 2.42 bits per heavy atom. The third-order valence-electron chi connectivity index (χ3n) is 4.37. The van der Waals surface area contributed by atoms with Crippen molar-refractivity contribution in [2.24, 2.45) is 0 Å². The van der Waals surface area contributed by atoms with Gasteiger partial charge in [-0.3, -0.25) is 4.79 Å². The Balaban J connectivity index is 1.83. The number of aryl methyl sites for hydroxylation is 1. The van der Waals surface area contributed by atoms with Crippen molar-refractivity contribution in [1.82, 2.24) is 4.31 Å². The fourth-order valence-electron chi connectivity index (χ4n) is 3.02. The molecular weight excluding hydrogens is 395 g/mol. The van der Waals surface area contributed by atoms with Crippen molar-refractivity contribution in [2.75, 3.05) is 11.9 Å². The quantitative estimate of drug-likeness (QED) is 0.821. The summed E-state index contributed by atoms with van der Waals surface area (Å²) < 4.78 is 27.1. The summed E-state index contributed by atoms with van der Waals surface area (Å²) in [7, 11) is -3.77. The lowest BCUT2D eigenvalue weighted by Gasteiger charge is -2.23. The van der Waals surface area contributed by atoms with E-state index in [1.165, 1.54) is 28.6 Å². The molecule has 26 heavy (non-hydrogen) atoms. The summed E-state index contributed by atoms with van der Waals surface area (Å²) in [5.41, 5.74) is 1.44. The van der Waals surface area contributed by atoms with Crippen LogP contribution >= 0.6 is 23.2 Å². The number of anilines is 1. The van der Waals surface area contributed by atoms with Gasteiger partial charge in [0, 0.05) is 22.3 Å². The van der Waals surface area contributed by atoms with E-state index in [1.807, 2.05) is 6.92 Å². The van der Waals surface area contributed by atoms with Crippen molar-refractivity contribution in [1.29, 1.82) is 0 Å². The number of halogens is 2. The fourth-order valence-corrected chi connectivity index (χ4v) is 5.02. The second-order valence-electron chi connectivity index (χ2n) is 6.18. The average Bonchev–Trinajstić information content (AvgIpc) is 3.08. The summed E-state index contributed by atoms with van der Waals surface area (Å²) in [6, 6.07) is 10.3. The monoisotopic (exact) mass is 412 g/mol. The highest BCUT2D eigenvalue weighted by Gasteiger charge is 2.39. The zero-order chi connectivity index (χ0) is 18.9. The minimum absolute atomic E-state index is 0.129. The molecule has 1 heterocycles. The van der Waals surface area contributed by atoms with Crippen molar-refractivity contribution in [2.45, 2.75) is 30.7 Å². The van der Waals surface area contributed by atoms with Crippen LogP contribution in [-0.4, -0.2) is 31.2 Å². The van der Waals surface area contributed by atoms with Crippen LogP contribution in [0.3, 0.4) is 0 Å². The maximum absolute atomic E-state index is 12.9. The summed E-state index contributed by atoms with van der Waals surface area (Å²) in [5, 5.41) is 3.85. The number of carbonyl (C=O) groups excluding carboxylic acids is 1. The van der Waals surface area contributed by atoms with E-state index in [-0.39, 0.29) is 10.8 Å². The topological polar surface area (TPSA) is 66.5 Å². The first-order valence-electron chi connectivity index (χ1n) is 8.13. The van der Waals surface area contributed by atoms with Crippen molar-refractivity contribution in [3.8, 4) is 0 Å². The molecule has 3 rings (SSSR count). The van der Waals surface area contributed by atoms with Crippen molar-refractivity contribution < 1.29 is 13.2 Å². The first kappa shape index (κ1) is 19.2. The van der Waals surface area contributed by atoms with E-state index in [2.05, 4.69) is 5.32 Å². The predicted octanol–water partition coefficient (Wildman–Crippen LogP) is 4.09. The molecule has 0 bridgehead atoms. The molecule has 2 aromatic rings. The number of rotatable bonds is 4. The molecule has 0 spiro atoms. The van der Waals surface area contributed by atoms with Crippen LogP contribution in [0.2, 0.25) is 10.0 Å². The van der Waals surface area contributed by atoms with Gasteiger partial charge < -0.3 is 5.32 Å². The molecule has 138 valence electrons. The molecular formula is C18H18Cl2N2O3S. The van der Waals surface area contributed by atoms with E-state index < -0.39 is 16.1 Å². The van der Waals surface area contributed by atoms with E-state index in [0.29, 0.717) is 35.1 Å². The third-order valence-corrected chi connectivity index (χ3v) is 6.78. The van der Waals surface area contributed by atoms with Crippen LogP contribution in [0.4, 0.5) is 5.69 Å². The van der Waals surface area contributed by atoms with Gasteiger partial charge in [-0.15, -0.1) is 0 Å². The van der Waals surface area contributed by atoms with Crippen molar-refractivity contribution in [3.63, 3.8) is 0 Å². The van der Waals surface area contributed by atoms with Gasteiger partial charge in [0.2, 0.25) is 15.9 Å². The lowest BCUT2D eigenvalue weighted by atomic mass is 10.1. The summed E-state index contributed by atoms with van der Waals surface area (Å²) in [5.74, 6) is -0.342. The van der Waals surface area contributed by atoms with Gasteiger partial charge >= 0.3 is 0 Å². The summed E-state index contributed by atoms with van der Waals surface area (Å²) in [6.07, 6.45) is 1.11. The number of hydrogen-bond donors (Lipinski definition) is 1. The van der Waals surface area contributed by atoms with Gasteiger partial charge in [-0.1, -0.05) is 23.2 Å². The van der Waals surface area contributed by atoms with Gasteiger partial charge in [0.1, 0.15) is 6.04 Å². The summed E-state index contributed by atoms with van der Waals surface area (Å²) in [6.45, 7) is 2.14. The van der Waals surface area contributed by atoms with Gasteiger partial charge in [0.15, 0.2) is 0 Å². The van der Waals surface area contributed by atoms with E-state index in [9.17, 15) is 13.2 Å². The van der Waals surface area contributed by atoms with E-state index >= 15 is 0 Å². The molecule has 0 saturated carbocycles. The van der Waals surface area contributed by atoms with Crippen LogP contribution in [0.5, 0.6) is 0 Å². The summed E-state index contributed by atoms with van der Waals surface area (Å²) >= 11 is 11.8. The van der Waals surface area contributed by atoms with Crippen LogP contribution in [0.25, 0.3) is 0 Å². The standard InChI is InChI=1S/C18H18Cl2N2O3S/c1-12-11-14(20)6-9-16(12)21-18(23)17-3-2-10-22(17)26(24,25)15-7-4-13(19)5-8-15/h4-9,11,17H,2-3,10H2,1H3,(H,21,23)/t17-/m1/s1. The molecule has 5 nitrogen and oxygen atoms in total. The molecule has 1 aliphatic heterocycles. The number of sulfonamides is 1. The molecule has 1 amide bonds. The lowest BCUT2D eigenvalue weighted by molar-refractivity contribution is -0.119. The largest absolute Gasteiger partial charge is 0.324 e. The fraction of sp³-hybridized carbons (Fsp3) is 0.278. The Kier molecular flexibility index (Phi) is 5.58. The minimum atomic E-state index is -3.77. The molecule has 0 radical (unpaired) electrons. The first-order valence-corrected chi connectivity index (χ1v) is 10.3. The van der Waals surface area contributed by atoms with Crippen LogP contribution in [0, 0.1) is 6.92 Å². The number of nitrogens with zero attached hydrogens (tertiary/aromatic N) is 1. The van der Waals surface area contributed by atoms with Crippen LogP contribution < -0.4 is 5.32 Å². The van der Waals surface area contributed by atoms with Crippen LogP contribution in [0.1, 0.15) is 18.4 Å². The maximum atomic E-state index is 12.9. The molecule has 1 atom stereocenters. The van der Waals surface area contributed by atoms with E-state index in [1.54, 1.807) is 18.2 Å². The molecule has 1 fully saturated rings. The third kappa shape index (κ3) is 3.88. The second-order valence-corrected chi connectivity index (χ2v) is 8.94. The van der Waals surface area contributed by atoms with Crippen molar-refractivity contribution >= 4 is 44.8 Å². The Morgan fingerprint density at radius 2 is 1.77 bits per heavy atom. The van der Waals surface area contributed by atoms with Crippen molar-refractivity contribution in [3.05, 3.63) is 58.1 Å².